The van der Waals surface area contributed by atoms with Crippen LogP contribution in [0.4, 0.5) is 11.5 Å². The van der Waals surface area contributed by atoms with Gasteiger partial charge >= 0.3 is 0 Å². The molecule has 0 radical (unpaired) electrons. The van der Waals surface area contributed by atoms with Crippen molar-refractivity contribution in [3.8, 4) is 0 Å². The topological polar surface area (TPSA) is 60.6 Å². The molecule has 0 aliphatic heterocycles. The quantitative estimate of drug-likeness (QED) is 0.535. The molecule has 1 saturated carbocycles. The highest BCUT2D eigenvalue weighted by molar-refractivity contribution is 7.98. The van der Waals surface area contributed by atoms with Crippen molar-refractivity contribution in [3.05, 3.63) is 22.7 Å². The number of rotatable bonds is 3. The Bertz CT molecular complexity index is 709. The number of hydrogen-bond donors (Lipinski definition) is 1. The summed E-state index contributed by atoms with van der Waals surface area (Å²) >= 11 is 1.46. The molecule has 2 heterocycles. The zero-order valence-corrected chi connectivity index (χ0v) is 12.5. The first-order valence-electron chi connectivity index (χ1n) is 6.74. The third kappa shape index (κ3) is 1.93. The molecule has 104 valence electrons. The third-order valence-electron chi connectivity index (χ3n) is 4.06. The van der Waals surface area contributed by atoms with Gasteiger partial charge in [-0.3, -0.25) is 0 Å². The van der Waals surface area contributed by atoms with Gasteiger partial charge in [0.15, 0.2) is 5.65 Å². The smallest absolute Gasteiger partial charge is 0.259 e. The van der Waals surface area contributed by atoms with E-state index in [2.05, 4.69) is 14.9 Å². The number of aromatic nitrogens is 3. The summed E-state index contributed by atoms with van der Waals surface area (Å²) < 4.78 is 1.64. The van der Waals surface area contributed by atoms with E-state index >= 15 is 0 Å². The van der Waals surface area contributed by atoms with Crippen molar-refractivity contribution in [2.75, 3.05) is 12.0 Å². The number of aryl methyl sites for hydroxylation is 1. The Morgan fingerprint density at radius 1 is 1.50 bits per heavy atom. The first-order chi connectivity index (χ1) is 9.65. The first-order valence-corrected chi connectivity index (χ1v) is 7.97. The van der Waals surface area contributed by atoms with Crippen LogP contribution in [0, 0.1) is 19.4 Å². The van der Waals surface area contributed by atoms with Crippen LogP contribution in [0.2, 0.25) is 0 Å². The van der Waals surface area contributed by atoms with Gasteiger partial charge < -0.3 is 5.73 Å². The fourth-order valence-electron chi connectivity index (χ4n) is 2.66. The van der Waals surface area contributed by atoms with Crippen molar-refractivity contribution in [3.63, 3.8) is 0 Å². The van der Waals surface area contributed by atoms with E-state index in [-0.39, 0.29) is 0 Å². The molecule has 0 atom stereocenters. The average Bonchev–Trinajstić information content (AvgIpc) is 2.70. The molecule has 2 aromatic heterocycles. The van der Waals surface area contributed by atoms with E-state index in [9.17, 15) is 0 Å². The molecular weight excluding hydrogens is 270 g/mol. The molecule has 2 N–H and O–H groups in total. The van der Waals surface area contributed by atoms with E-state index in [1.165, 1.54) is 36.6 Å². The Morgan fingerprint density at radius 2 is 2.25 bits per heavy atom. The SMILES string of the molecule is [C-]#[N+]c1c(SC)nc2c(CC3CCC3)c(C)nn2c1N. The molecule has 20 heavy (non-hydrogen) atoms. The summed E-state index contributed by atoms with van der Waals surface area (Å²) in [5, 5.41) is 5.18. The van der Waals surface area contributed by atoms with Crippen LogP contribution in [0.5, 0.6) is 0 Å². The molecule has 6 heteroatoms. The molecule has 0 amide bonds. The number of nitrogens with zero attached hydrogens (tertiary/aromatic N) is 4. The van der Waals surface area contributed by atoms with Crippen molar-refractivity contribution in [2.45, 2.75) is 37.6 Å². The largest absolute Gasteiger partial charge is 0.392 e. The lowest BCUT2D eigenvalue weighted by Crippen LogP contribution is -2.14. The van der Waals surface area contributed by atoms with Gasteiger partial charge in [0, 0.05) is 5.56 Å². The lowest BCUT2D eigenvalue weighted by molar-refractivity contribution is 0.314. The predicted octanol–water partition coefficient (Wildman–Crippen LogP) is 3.24. The highest BCUT2D eigenvalue weighted by atomic mass is 32.2. The maximum absolute atomic E-state index is 7.27. The minimum Gasteiger partial charge on any atom is -0.392 e. The summed E-state index contributed by atoms with van der Waals surface area (Å²) in [5.41, 5.74) is 9.49. The van der Waals surface area contributed by atoms with Crippen LogP contribution >= 0.6 is 11.8 Å². The zero-order chi connectivity index (χ0) is 14.3. The molecular formula is C14H17N5S. The standard InChI is InChI=1S/C14H17N5S/c1-8-10(7-9-5-4-6-9)13-17-14(20-3)11(16-2)12(15)19(13)18-8/h9H,4-7,15H2,1,3H3. The van der Waals surface area contributed by atoms with Gasteiger partial charge in [-0.25, -0.2) is 14.3 Å². The minimum absolute atomic E-state index is 0.400. The second-order valence-electron chi connectivity index (χ2n) is 5.27. The monoisotopic (exact) mass is 287 g/mol. The number of nitrogen functional groups attached to an aromatic ring is 1. The molecule has 1 aliphatic rings. The first kappa shape index (κ1) is 13.3. The summed E-state index contributed by atoms with van der Waals surface area (Å²) in [6.07, 6.45) is 6.86. The Labute approximate surface area is 122 Å². The predicted molar refractivity (Wildman–Crippen MR) is 81.2 cm³/mol. The Hall–Kier alpha value is -1.74. The molecule has 2 aromatic rings. The second-order valence-corrected chi connectivity index (χ2v) is 6.06. The van der Waals surface area contributed by atoms with E-state index in [1.807, 2.05) is 13.2 Å². The highest BCUT2D eigenvalue weighted by Crippen LogP contribution is 2.36. The van der Waals surface area contributed by atoms with E-state index in [4.69, 9.17) is 12.3 Å². The minimum atomic E-state index is 0.400. The molecule has 0 unspecified atom stereocenters. The number of nitrogens with two attached hydrogens (primary N) is 1. The van der Waals surface area contributed by atoms with Gasteiger partial charge in [-0.1, -0.05) is 19.3 Å². The fraction of sp³-hybridized carbons (Fsp3) is 0.500. The molecule has 3 rings (SSSR count). The average molecular weight is 287 g/mol. The molecule has 5 nitrogen and oxygen atoms in total. The van der Waals surface area contributed by atoms with Gasteiger partial charge in [-0.15, -0.1) is 11.8 Å². The summed E-state index contributed by atoms with van der Waals surface area (Å²) in [6, 6.07) is 0. The van der Waals surface area contributed by atoms with Crippen molar-refractivity contribution in [1.29, 1.82) is 0 Å². The second kappa shape index (κ2) is 4.98. The van der Waals surface area contributed by atoms with Crippen LogP contribution in [-0.4, -0.2) is 20.9 Å². The number of fused-ring (bicyclic) bond motifs is 1. The molecule has 0 spiro atoms. The van der Waals surface area contributed by atoms with Crippen molar-refractivity contribution in [1.82, 2.24) is 14.6 Å². The lowest BCUT2D eigenvalue weighted by Gasteiger charge is -2.24. The van der Waals surface area contributed by atoms with Crippen molar-refractivity contribution < 1.29 is 0 Å². The summed E-state index contributed by atoms with van der Waals surface area (Å²) in [7, 11) is 0. The van der Waals surface area contributed by atoms with Crippen LogP contribution in [0.25, 0.3) is 10.5 Å². The normalized spacial score (nSPS) is 15.2. The van der Waals surface area contributed by atoms with Crippen LogP contribution in [0.15, 0.2) is 5.03 Å². The van der Waals surface area contributed by atoms with Gasteiger partial charge in [0.05, 0.1) is 12.3 Å². The van der Waals surface area contributed by atoms with Gasteiger partial charge in [0.2, 0.25) is 0 Å². The Morgan fingerprint density at radius 3 is 2.80 bits per heavy atom. The lowest BCUT2D eigenvalue weighted by atomic mass is 9.81. The molecule has 0 aromatic carbocycles. The third-order valence-corrected chi connectivity index (χ3v) is 4.73. The van der Waals surface area contributed by atoms with E-state index in [1.54, 1.807) is 4.52 Å². The van der Waals surface area contributed by atoms with Gasteiger partial charge in [0.1, 0.15) is 10.8 Å². The molecule has 1 aliphatic carbocycles. The van der Waals surface area contributed by atoms with Gasteiger partial charge in [-0.2, -0.15) is 5.10 Å². The van der Waals surface area contributed by atoms with Gasteiger partial charge in [0.25, 0.3) is 5.69 Å². The number of hydrogen-bond acceptors (Lipinski definition) is 4. The molecule has 0 bridgehead atoms. The van der Waals surface area contributed by atoms with E-state index in [0.717, 1.165) is 23.7 Å². The van der Waals surface area contributed by atoms with Crippen molar-refractivity contribution >= 4 is 28.9 Å². The van der Waals surface area contributed by atoms with Crippen LogP contribution in [0.1, 0.15) is 30.5 Å². The zero-order valence-electron chi connectivity index (χ0n) is 11.7. The van der Waals surface area contributed by atoms with Crippen molar-refractivity contribution in [2.24, 2.45) is 5.92 Å². The van der Waals surface area contributed by atoms with Crippen LogP contribution < -0.4 is 5.73 Å². The van der Waals surface area contributed by atoms with Crippen LogP contribution in [-0.2, 0) is 6.42 Å². The summed E-state index contributed by atoms with van der Waals surface area (Å²) in [6.45, 7) is 9.27. The fourth-order valence-corrected chi connectivity index (χ4v) is 3.18. The summed E-state index contributed by atoms with van der Waals surface area (Å²) in [5.74, 6) is 1.15. The molecule has 0 saturated heterocycles. The number of anilines is 1. The Balaban J connectivity index is 2.19. The summed E-state index contributed by atoms with van der Waals surface area (Å²) in [4.78, 5) is 8.13. The number of thioether (sulfide) groups is 1. The maximum Gasteiger partial charge on any atom is 0.259 e. The molecule has 1 fully saturated rings. The maximum atomic E-state index is 7.27. The Kier molecular flexibility index (Phi) is 3.30. The van der Waals surface area contributed by atoms with E-state index < -0.39 is 0 Å². The van der Waals surface area contributed by atoms with Crippen LogP contribution in [0.3, 0.4) is 0 Å². The van der Waals surface area contributed by atoms with E-state index in [0.29, 0.717) is 16.5 Å². The highest BCUT2D eigenvalue weighted by Gasteiger charge is 2.24. The van der Waals surface area contributed by atoms with Gasteiger partial charge in [-0.05, 0) is 25.5 Å².